The van der Waals surface area contributed by atoms with Gasteiger partial charge >= 0.3 is 5.97 Å². The third-order valence-electron chi connectivity index (χ3n) is 2.83. The Balaban J connectivity index is 2.18. The second-order valence-corrected chi connectivity index (χ2v) is 6.55. The molecule has 0 spiro atoms. The van der Waals surface area contributed by atoms with Crippen LogP contribution in [0.1, 0.15) is 29.1 Å². The van der Waals surface area contributed by atoms with Crippen LogP contribution >= 0.6 is 0 Å². The first-order chi connectivity index (χ1) is 10.2. The lowest BCUT2D eigenvalue weighted by Gasteiger charge is -2.13. The predicted octanol–water partition coefficient (Wildman–Crippen LogP) is 2.88. The molecule has 0 radical (unpaired) electrons. The van der Waals surface area contributed by atoms with Crippen LogP contribution < -0.4 is 0 Å². The summed E-state index contributed by atoms with van der Waals surface area (Å²) in [6.45, 7) is 1.36. The maximum absolute atomic E-state index is 13.6. The van der Waals surface area contributed by atoms with Gasteiger partial charge in [0.15, 0.2) is 0 Å². The molecule has 22 heavy (non-hydrogen) atoms. The molecule has 5 nitrogen and oxygen atoms in total. The smallest absolute Gasteiger partial charge is 0.374 e. The van der Waals surface area contributed by atoms with Gasteiger partial charge in [0.05, 0.1) is 0 Å². The number of benzene rings is 1. The molecule has 1 aromatic carbocycles. The first-order valence-corrected chi connectivity index (χ1v) is 8.03. The summed E-state index contributed by atoms with van der Waals surface area (Å²) >= 11 is 0. The summed E-state index contributed by atoms with van der Waals surface area (Å²) in [6, 6.07) is 5.02. The van der Waals surface area contributed by atoms with Gasteiger partial charge in [-0.1, -0.05) is 0 Å². The summed E-state index contributed by atoms with van der Waals surface area (Å²) in [5.41, 5.74) is -0.136. The molecule has 0 saturated carbocycles. The van der Waals surface area contributed by atoms with Crippen LogP contribution in [-0.2, 0) is 14.6 Å². The zero-order chi connectivity index (χ0) is 16.5. The molecule has 0 aliphatic carbocycles. The molecular weight excluding hydrogens is 318 g/mol. The van der Waals surface area contributed by atoms with Gasteiger partial charge in [0.25, 0.3) is 0 Å². The van der Waals surface area contributed by atoms with E-state index in [0.717, 1.165) is 36.6 Å². The van der Waals surface area contributed by atoms with E-state index in [1.165, 1.54) is 6.92 Å². The summed E-state index contributed by atoms with van der Waals surface area (Å²) in [7, 11) is -3.59. The lowest BCUT2D eigenvalue weighted by molar-refractivity contribution is 0.0288. The molecule has 0 unspecified atom stereocenters. The SMILES string of the molecule is C[C@H](OC(=O)c1ccc(S(C)(=O)=O)o1)c1cc(F)ccc1F. The minimum absolute atomic E-state index is 0.136. The van der Waals surface area contributed by atoms with Crippen molar-refractivity contribution in [2.75, 3.05) is 6.26 Å². The summed E-state index contributed by atoms with van der Waals surface area (Å²) in [5, 5.41) is -0.385. The van der Waals surface area contributed by atoms with Gasteiger partial charge in [-0.3, -0.25) is 0 Å². The Hall–Kier alpha value is -2.22. The molecule has 0 saturated heterocycles. The number of carbonyl (C=O) groups is 1. The summed E-state index contributed by atoms with van der Waals surface area (Å²) in [4.78, 5) is 11.8. The molecule has 118 valence electrons. The van der Waals surface area contributed by atoms with E-state index in [2.05, 4.69) is 0 Å². The molecule has 0 N–H and O–H groups in total. The van der Waals surface area contributed by atoms with Crippen molar-refractivity contribution in [2.24, 2.45) is 0 Å². The number of hydrogen-bond donors (Lipinski definition) is 0. The van der Waals surface area contributed by atoms with E-state index in [-0.39, 0.29) is 16.4 Å². The predicted molar refractivity (Wildman–Crippen MR) is 72.0 cm³/mol. The minimum Gasteiger partial charge on any atom is -0.452 e. The Bertz CT molecular complexity index is 810. The molecule has 1 heterocycles. The molecule has 0 fully saturated rings. The first-order valence-electron chi connectivity index (χ1n) is 6.14. The van der Waals surface area contributed by atoms with Gasteiger partial charge in [-0.2, -0.15) is 0 Å². The average Bonchev–Trinajstić information content (AvgIpc) is 2.91. The van der Waals surface area contributed by atoms with E-state index in [9.17, 15) is 22.0 Å². The monoisotopic (exact) mass is 330 g/mol. The highest BCUT2D eigenvalue weighted by molar-refractivity contribution is 7.90. The van der Waals surface area contributed by atoms with E-state index < -0.39 is 33.5 Å². The van der Waals surface area contributed by atoms with Gasteiger partial charge in [0.1, 0.15) is 17.7 Å². The van der Waals surface area contributed by atoms with Crippen LogP contribution in [0, 0.1) is 11.6 Å². The Morgan fingerprint density at radius 3 is 2.50 bits per heavy atom. The summed E-state index contributed by atoms with van der Waals surface area (Å²) in [6.07, 6.45) is -0.152. The fourth-order valence-corrected chi connectivity index (χ4v) is 2.29. The van der Waals surface area contributed by atoms with E-state index >= 15 is 0 Å². The van der Waals surface area contributed by atoms with Crippen molar-refractivity contribution >= 4 is 15.8 Å². The third kappa shape index (κ3) is 3.51. The van der Waals surface area contributed by atoms with Crippen molar-refractivity contribution in [2.45, 2.75) is 18.1 Å². The standard InChI is InChI=1S/C14H12F2O5S/c1-8(10-7-9(15)3-4-11(10)16)20-14(17)12-5-6-13(21-12)22(2,18)19/h3-8H,1-2H3/t8-/m0/s1. The van der Waals surface area contributed by atoms with Crippen LogP contribution in [0.5, 0.6) is 0 Å². The van der Waals surface area contributed by atoms with Gasteiger partial charge in [-0.15, -0.1) is 0 Å². The van der Waals surface area contributed by atoms with E-state index in [0.29, 0.717) is 0 Å². The fraction of sp³-hybridized carbons (Fsp3) is 0.214. The van der Waals surface area contributed by atoms with Crippen LogP contribution in [-0.4, -0.2) is 20.6 Å². The van der Waals surface area contributed by atoms with Crippen LogP contribution in [0.15, 0.2) is 39.8 Å². The van der Waals surface area contributed by atoms with Crippen LogP contribution in [0.25, 0.3) is 0 Å². The molecule has 0 bridgehead atoms. The Kier molecular flexibility index (Phi) is 4.32. The van der Waals surface area contributed by atoms with Crippen molar-refractivity contribution in [3.05, 3.63) is 53.3 Å². The van der Waals surface area contributed by atoms with Crippen molar-refractivity contribution < 1.29 is 31.1 Å². The topological polar surface area (TPSA) is 73.6 Å². The highest BCUT2D eigenvalue weighted by Crippen LogP contribution is 2.23. The number of esters is 1. The lowest BCUT2D eigenvalue weighted by Crippen LogP contribution is -2.10. The first kappa shape index (κ1) is 16.2. The molecule has 0 aliphatic heterocycles. The Labute approximate surface area is 125 Å². The number of halogens is 2. The largest absolute Gasteiger partial charge is 0.452 e. The highest BCUT2D eigenvalue weighted by Gasteiger charge is 2.22. The van der Waals surface area contributed by atoms with Gasteiger partial charge in [0.2, 0.25) is 20.7 Å². The van der Waals surface area contributed by atoms with Crippen LogP contribution in [0.2, 0.25) is 0 Å². The highest BCUT2D eigenvalue weighted by atomic mass is 32.2. The van der Waals surface area contributed by atoms with Crippen molar-refractivity contribution in [3.63, 3.8) is 0 Å². The van der Waals surface area contributed by atoms with Crippen molar-refractivity contribution in [1.29, 1.82) is 0 Å². The van der Waals surface area contributed by atoms with E-state index in [1.54, 1.807) is 0 Å². The number of carbonyl (C=O) groups excluding carboxylic acids is 1. The molecule has 2 rings (SSSR count). The van der Waals surface area contributed by atoms with Gasteiger partial charge < -0.3 is 9.15 Å². The summed E-state index contributed by atoms with van der Waals surface area (Å²) in [5.74, 6) is -2.72. The molecule has 2 aromatic rings. The van der Waals surface area contributed by atoms with Gasteiger partial charge in [0, 0.05) is 11.8 Å². The fourth-order valence-electron chi connectivity index (χ4n) is 1.74. The zero-order valence-electron chi connectivity index (χ0n) is 11.7. The number of furan rings is 1. The second kappa shape index (κ2) is 5.88. The van der Waals surface area contributed by atoms with Crippen molar-refractivity contribution in [3.8, 4) is 0 Å². The third-order valence-corrected chi connectivity index (χ3v) is 3.78. The molecule has 8 heteroatoms. The molecule has 0 amide bonds. The molecule has 1 atom stereocenters. The van der Waals surface area contributed by atoms with E-state index in [1.807, 2.05) is 0 Å². The number of hydrogen-bond acceptors (Lipinski definition) is 5. The van der Waals surface area contributed by atoms with Crippen molar-refractivity contribution in [1.82, 2.24) is 0 Å². The van der Waals surface area contributed by atoms with Crippen LogP contribution in [0.4, 0.5) is 8.78 Å². The maximum Gasteiger partial charge on any atom is 0.374 e. The van der Waals surface area contributed by atoms with Gasteiger partial charge in [-0.25, -0.2) is 22.0 Å². The normalized spacial score (nSPS) is 12.9. The Morgan fingerprint density at radius 1 is 1.23 bits per heavy atom. The minimum atomic E-state index is -3.59. The average molecular weight is 330 g/mol. The quantitative estimate of drug-likeness (QED) is 0.806. The number of rotatable bonds is 4. The number of sulfone groups is 1. The second-order valence-electron chi connectivity index (χ2n) is 4.60. The molecule has 0 aliphatic rings. The lowest BCUT2D eigenvalue weighted by atomic mass is 10.1. The van der Waals surface area contributed by atoms with Gasteiger partial charge in [-0.05, 0) is 37.3 Å². The van der Waals surface area contributed by atoms with Crippen LogP contribution in [0.3, 0.4) is 0 Å². The molecule has 1 aromatic heterocycles. The zero-order valence-corrected chi connectivity index (χ0v) is 12.5. The van der Waals surface area contributed by atoms with E-state index in [4.69, 9.17) is 9.15 Å². The molecular formula is C14H12F2O5S. The number of ether oxygens (including phenoxy) is 1. The maximum atomic E-state index is 13.6. The Morgan fingerprint density at radius 2 is 1.91 bits per heavy atom. The summed E-state index contributed by atoms with van der Waals surface area (Å²) < 4.78 is 59.0.